The molecule has 0 atom stereocenters. The third kappa shape index (κ3) is 3.71. The summed E-state index contributed by atoms with van der Waals surface area (Å²) in [6.07, 6.45) is 1.59. The summed E-state index contributed by atoms with van der Waals surface area (Å²) in [6, 6.07) is 6.68. The number of nitrogens with one attached hydrogen (secondary N) is 3. The number of hydrogen-bond acceptors (Lipinski definition) is 4. The molecular formula is C14H19N3O3. The van der Waals surface area contributed by atoms with Crippen LogP contribution in [0.3, 0.4) is 0 Å². The van der Waals surface area contributed by atoms with Gasteiger partial charge in [-0.2, -0.15) is 0 Å². The highest BCUT2D eigenvalue weighted by Crippen LogP contribution is 2.12. The predicted octanol–water partition coefficient (Wildman–Crippen LogP) is 0.456. The highest BCUT2D eigenvalue weighted by atomic mass is 16.5. The fourth-order valence-electron chi connectivity index (χ4n) is 2.12. The summed E-state index contributed by atoms with van der Waals surface area (Å²) in [5.41, 5.74) is 5.38. The number of methoxy groups -OCH3 is 1. The zero-order valence-corrected chi connectivity index (χ0v) is 11.4. The summed E-state index contributed by atoms with van der Waals surface area (Å²) in [5.74, 6) is 0.177. The van der Waals surface area contributed by atoms with Gasteiger partial charge in [-0.15, -0.1) is 0 Å². The minimum absolute atomic E-state index is 0.0348. The molecule has 0 radical (unpaired) electrons. The number of benzene rings is 1. The number of hydrazine groups is 1. The van der Waals surface area contributed by atoms with Gasteiger partial charge < -0.3 is 10.1 Å². The van der Waals surface area contributed by atoms with E-state index >= 15 is 0 Å². The lowest BCUT2D eigenvalue weighted by Gasteiger charge is -2.21. The number of carbonyl (C=O) groups is 2. The van der Waals surface area contributed by atoms with Gasteiger partial charge in [-0.05, 0) is 50.2 Å². The van der Waals surface area contributed by atoms with Gasteiger partial charge in [-0.25, -0.2) is 0 Å². The standard InChI is InChI=1S/C14H19N3O3/c1-20-12-4-2-10(3-5-12)13(18)16-17-14(19)11-6-8-15-9-7-11/h2-5,11,15H,6-9H2,1H3,(H,16,18)(H,17,19). The van der Waals surface area contributed by atoms with Gasteiger partial charge in [-0.3, -0.25) is 20.4 Å². The quantitative estimate of drug-likeness (QED) is 0.701. The lowest BCUT2D eigenvalue weighted by Crippen LogP contribution is -2.46. The molecule has 1 aromatic carbocycles. The van der Waals surface area contributed by atoms with Gasteiger partial charge in [0.05, 0.1) is 7.11 Å². The molecule has 1 saturated heterocycles. The van der Waals surface area contributed by atoms with Crippen LogP contribution in [0.1, 0.15) is 23.2 Å². The average Bonchev–Trinajstić information content (AvgIpc) is 2.53. The van der Waals surface area contributed by atoms with Crippen molar-refractivity contribution in [2.45, 2.75) is 12.8 Å². The van der Waals surface area contributed by atoms with E-state index in [-0.39, 0.29) is 17.7 Å². The van der Waals surface area contributed by atoms with E-state index in [1.54, 1.807) is 31.4 Å². The van der Waals surface area contributed by atoms with Crippen LogP contribution in [0.15, 0.2) is 24.3 Å². The fraction of sp³-hybridized carbons (Fsp3) is 0.429. The van der Waals surface area contributed by atoms with E-state index in [9.17, 15) is 9.59 Å². The molecule has 1 aliphatic rings. The van der Waals surface area contributed by atoms with Gasteiger partial charge >= 0.3 is 0 Å². The SMILES string of the molecule is COc1ccc(C(=O)NNC(=O)C2CCNCC2)cc1. The second-order valence-corrected chi connectivity index (χ2v) is 4.70. The van der Waals surface area contributed by atoms with Crippen molar-refractivity contribution in [3.8, 4) is 5.75 Å². The minimum Gasteiger partial charge on any atom is -0.497 e. The second kappa shape index (κ2) is 6.91. The van der Waals surface area contributed by atoms with Gasteiger partial charge in [-0.1, -0.05) is 0 Å². The van der Waals surface area contributed by atoms with E-state index in [0.29, 0.717) is 11.3 Å². The van der Waals surface area contributed by atoms with Crippen molar-refractivity contribution in [1.29, 1.82) is 0 Å². The van der Waals surface area contributed by atoms with Crippen LogP contribution in [-0.4, -0.2) is 32.0 Å². The Kier molecular flexibility index (Phi) is 4.95. The Morgan fingerprint density at radius 3 is 2.40 bits per heavy atom. The van der Waals surface area contributed by atoms with Crippen LogP contribution in [0.25, 0.3) is 0 Å². The van der Waals surface area contributed by atoms with Crippen LogP contribution in [0.5, 0.6) is 5.75 Å². The van der Waals surface area contributed by atoms with E-state index in [1.807, 2.05) is 0 Å². The third-order valence-electron chi connectivity index (χ3n) is 3.36. The smallest absolute Gasteiger partial charge is 0.269 e. The summed E-state index contributed by atoms with van der Waals surface area (Å²) >= 11 is 0. The number of piperidine rings is 1. The molecule has 0 aromatic heterocycles. The molecule has 2 rings (SSSR count). The molecule has 6 heteroatoms. The van der Waals surface area contributed by atoms with E-state index in [0.717, 1.165) is 25.9 Å². The van der Waals surface area contributed by atoms with Crippen molar-refractivity contribution in [3.05, 3.63) is 29.8 Å². The number of ether oxygens (including phenoxy) is 1. The molecule has 0 aliphatic carbocycles. The van der Waals surface area contributed by atoms with Gasteiger partial charge in [0.15, 0.2) is 0 Å². The Bertz CT molecular complexity index is 467. The van der Waals surface area contributed by atoms with Crippen molar-refractivity contribution in [1.82, 2.24) is 16.2 Å². The van der Waals surface area contributed by atoms with Crippen LogP contribution in [0, 0.1) is 5.92 Å². The molecule has 1 aliphatic heterocycles. The van der Waals surface area contributed by atoms with Crippen molar-refractivity contribution in [2.24, 2.45) is 5.92 Å². The Morgan fingerprint density at radius 1 is 1.15 bits per heavy atom. The summed E-state index contributed by atoms with van der Waals surface area (Å²) < 4.78 is 5.02. The number of rotatable bonds is 3. The minimum atomic E-state index is -0.338. The summed E-state index contributed by atoms with van der Waals surface area (Å²) in [6.45, 7) is 1.68. The van der Waals surface area contributed by atoms with Gasteiger partial charge in [0.25, 0.3) is 5.91 Å². The maximum Gasteiger partial charge on any atom is 0.269 e. The topological polar surface area (TPSA) is 79.5 Å². The van der Waals surface area contributed by atoms with E-state index in [4.69, 9.17) is 4.74 Å². The molecule has 3 N–H and O–H groups in total. The van der Waals surface area contributed by atoms with E-state index in [1.165, 1.54) is 0 Å². The Labute approximate surface area is 117 Å². The van der Waals surface area contributed by atoms with Crippen LogP contribution in [0.2, 0.25) is 0 Å². The molecular weight excluding hydrogens is 258 g/mol. The van der Waals surface area contributed by atoms with E-state index < -0.39 is 0 Å². The first-order chi connectivity index (χ1) is 9.70. The molecule has 1 heterocycles. The summed E-state index contributed by atoms with van der Waals surface area (Å²) in [4.78, 5) is 23.7. The molecule has 0 unspecified atom stereocenters. The van der Waals surface area contributed by atoms with Crippen molar-refractivity contribution < 1.29 is 14.3 Å². The number of carbonyl (C=O) groups excluding carboxylic acids is 2. The highest BCUT2D eigenvalue weighted by molar-refractivity contribution is 5.95. The molecule has 0 spiro atoms. The third-order valence-corrected chi connectivity index (χ3v) is 3.36. The average molecular weight is 277 g/mol. The molecule has 1 aromatic rings. The Balaban J connectivity index is 1.83. The van der Waals surface area contributed by atoms with Crippen molar-refractivity contribution in [2.75, 3.05) is 20.2 Å². The first-order valence-corrected chi connectivity index (χ1v) is 6.65. The van der Waals surface area contributed by atoms with Crippen molar-refractivity contribution >= 4 is 11.8 Å². The van der Waals surface area contributed by atoms with Gasteiger partial charge in [0, 0.05) is 11.5 Å². The zero-order valence-electron chi connectivity index (χ0n) is 11.4. The highest BCUT2D eigenvalue weighted by Gasteiger charge is 2.21. The molecule has 20 heavy (non-hydrogen) atoms. The molecule has 6 nitrogen and oxygen atoms in total. The van der Waals surface area contributed by atoms with Crippen LogP contribution < -0.4 is 20.9 Å². The number of hydrogen-bond donors (Lipinski definition) is 3. The van der Waals surface area contributed by atoms with Gasteiger partial charge in [0.2, 0.25) is 5.91 Å². The first kappa shape index (κ1) is 14.3. The van der Waals surface area contributed by atoms with Crippen LogP contribution in [-0.2, 0) is 4.79 Å². The lowest BCUT2D eigenvalue weighted by atomic mass is 9.98. The molecule has 0 saturated carbocycles. The number of amides is 2. The predicted molar refractivity (Wildman–Crippen MR) is 74.2 cm³/mol. The lowest BCUT2D eigenvalue weighted by molar-refractivity contribution is -0.126. The van der Waals surface area contributed by atoms with Gasteiger partial charge in [0.1, 0.15) is 5.75 Å². The normalized spacial score (nSPS) is 15.4. The Morgan fingerprint density at radius 2 is 1.80 bits per heavy atom. The maximum absolute atomic E-state index is 11.9. The molecule has 2 amide bonds. The largest absolute Gasteiger partial charge is 0.497 e. The molecule has 108 valence electrons. The van der Waals surface area contributed by atoms with E-state index in [2.05, 4.69) is 16.2 Å². The first-order valence-electron chi connectivity index (χ1n) is 6.65. The van der Waals surface area contributed by atoms with Crippen molar-refractivity contribution in [3.63, 3.8) is 0 Å². The maximum atomic E-state index is 11.9. The summed E-state index contributed by atoms with van der Waals surface area (Å²) in [7, 11) is 1.56. The molecule has 1 fully saturated rings. The monoisotopic (exact) mass is 277 g/mol. The Hall–Kier alpha value is -2.08. The van der Waals surface area contributed by atoms with Crippen LogP contribution in [0.4, 0.5) is 0 Å². The second-order valence-electron chi connectivity index (χ2n) is 4.70. The fourth-order valence-corrected chi connectivity index (χ4v) is 2.12. The summed E-state index contributed by atoms with van der Waals surface area (Å²) in [5, 5.41) is 3.19. The van der Waals surface area contributed by atoms with Crippen LogP contribution >= 0.6 is 0 Å². The zero-order chi connectivity index (χ0) is 14.4. The molecule has 0 bridgehead atoms.